The Morgan fingerprint density at radius 2 is 2.40 bits per heavy atom. The van der Waals surface area contributed by atoms with Crippen LogP contribution in [0.5, 0.6) is 0 Å². The quantitative estimate of drug-likeness (QED) is 0.540. The van der Waals surface area contributed by atoms with Gasteiger partial charge in [0.15, 0.2) is 0 Å². The highest BCUT2D eigenvalue weighted by Crippen LogP contribution is 1.92. The molecule has 0 aromatic carbocycles. The van der Waals surface area contributed by atoms with Crippen LogP contribution in [0.1, 0.15) is 6.42 Å². The van der Waals surface area contributed by atoms with Crippen LogP contribution in [0.25, 0.3) is 0 Å². The summed E-state index contributed by atoms with van der Waals surface area (Å²) >= 11 is 0. The van der Waals surface area contributed by atoms with E-state index in [1.807, 2.05) is 0 Å². The number of ether oxygens (including phenoxy) is 1. The van der Waals surface area contributed by atoms with Crippen molar-refractivity contribution in [2.45, 2.75) is 12.5 Å². The van der Waals surface area contributed by atoms with Gasteiger partial charge in [0.1, 0.15) is 0 Å². The predicted molar refractivity (Wildman–Crippen MR) is 38.5 cm³/mol. The predicted octanol–water partition coefficient (Wildman–Crippen LogP) is -0.904. The van der Waals surface area contributed by atoms with Crippen LogP contribution in [-0.2, 0) is 9.53 Å². The van der Waals surface area contributed by atoms with E-state index in [1.165, 1.54) is 0 Å². The van der Waals surface area contributed by atoms with Gasteiger partial charge in [-0.1, -0.05) is 0 Å². The summed E-state index contributed by atoms with van der Waals surface area (Å²) in [5.74, 6) is -0.0442. The molecule has 1 atom stereocenters. The molecule has 60 valence electrons. The Bertz CT molecular complexity index is 102. The van der Waals surface area contributed by atoms with Gasteiger partial charge in [-0.3, -0.25) is 4.79 Å². The highest BCUT2D eigenvalue weighted by atomic mass is 16.5. The summed E-state index contributed by atoms with van der Waals surface area (Å²) in [4.78, 5) is 10.7. The molecule has 0 rings (SSSR count). The normalized spacial score (nSPS) is 12.7. The fourth-order valence-corrected chi connectivity index (χ4v) is 0.572. The highest BCUT2D eigenvalue weighted by molar-refractivity contribution is 5.76. The summed E-state index contributed by atoms with van der Waals surface area (Å²) in [6.45, 7) is 0.379. The Morgan fingerprint density at radius 3 is 2.70 bits per heavy atom. The summed E-state index contributed by atoms with van der Waals surface area (Å²) in [6, 6.07) is 0. The van der Waals surface area contributed by atoms with E-state index in [0.29, 0.717) is 13.0 Å². The molecule has 0 saturated carbocycles. The van der Waals surface area contributed by atoms with Gasteiger partial charge in [0, 0.05) is 20.7 Å². The molecular weight excluding hydrogens is 132 g/mol. The first kappa shape index (κ1) is 9.39. The number of amides is 1. The molecule has 4 heteroatoms. The molecule has 0 bridgehead atoms. The second-order valence-corrected chi connectivity index (χ2v) is 1.97. The fourth-order valence-electron chi connectivity index (χ4n) is 0.572. The lowest BCUT2D eigenvalue weighted by Crippen LogP contribution is -2.30. The number of carbonyl (C=O) groups excluding carboxylic acids is 1. The molecule has 0 spiro atoms. The van der Waals surface area contributed by atoms with Crippen molar-refractivity contribution in [1.29, 1.82) is 0 Å². The second kappa shape index (κ2) is 5.20. The van der Waals surface area contributed by atoms with Gasteiger partial charge in [0.2, 0.25) is 5.91 Å². The largest absolute Gasteiger partial charge is 0.380 e. The van der Waals surface area contributed by atoms with E-state index in [4.69, 9.17) is 10.5 Å². The summed E-state index contributed by atoms with van der Waals surface area (Å²) in [5.41, 5.74) is 5.28. The van der Waals surface area contributed by atoms with Crippen molar-refractivity contribution >= 4 is 5.91 Å². The first-order chi connectivity index (χ1) is 4.74. The average Bonchev–Trinajstić information content (AvgIpc) is 1.99. The van der Waals surface area contributed by atoms with E-state index in [9.17, 15) is 4.79 Å². The molecule has 1 amide bonds. The SMILES string of the molecule is CNC(=O)CC(CN)OC. The summed E-state index contributed by atoms with van der Waals surface area (Å²) in [7, 11) is 3.13. The van der Waals surface area contributed by atoms with E-state index in [-0.39, 0.29) is 12.0 Å². The summed E-state index contributed by atoms with van der Waals surface area (Å²) in [6.07, 6.45) is 0.184. The Kier molecular flexibility index (Phi) is 4.88. The van der Waals surface area contributed by atoms with Crippen molar-refractivity contribution in [3.63, 3.8) is 0 Å². The van der Waals surface area contributed by atoms with Crippen LogP contribution in [0.3, 0.4) is 0 Å². The van der Waals surface area contributed by atoms with E-state index in [1.54, 1.807) is 14.2 Å². The number of nitrogens with one attached hydrogen (secondary N) is 1. The molecule has 0 aliphatic rings. The molecule has 0 heterocycles. The minimum Gasteiger partial charge on any atom is -0.380 e. The number of carbonyl (C=O) groups is 1. The summed E-state index contributed by atoms with van der Waals surface area (Å²) in [5, 5.41) is 2.49. The van der Waals surface area contributed by atoms with Crippen molar-refractivity contribution < 1.29 is 9.53 Å². The standard InChI is InChI=1S/C6H14N2O2/c1-8-6(9)3-5(4-7)10-2/h5H,3-4,7H2,1-2H3,(H,8,9). The Labute approximate surface area is 60.7 Å². The molecule has 0 saturated heterocycles. The summed E-state index contributed by atoms with van der Waals surface area (Å²) < 4.78 is 4.89. The maximum Gasteiger partial charge on any atom is 0.222 e. The Hall–Kier alpha value is -0.610. The van der Waals surface area contributed by atoms with Gasteiger partial charge in [0.25, 0.3) is 0 Å². The van der Waals surface area contributed by atoms with Gasteiger partial charge >= 0.3 is 0 Å². The number of methoxy groups -OCH3 is 1. The van der Waals surface area contributed by atoms with Crippen LogP contribution in [0.15, 0.2) is 0 Å². The smallest absolute Gasteiger partial charge is 0.222 e. The van der Waals surface area contributed by atoms with Gasteiger partial charge in [0.05, 0.1) is 12.5 Å². The molecular formula is C6H14N2O2. The molecule has 0 aromatic rings. The first-order valence-corrected chi connectivity index (χ1v) is 3.18. The van der Waals surface area contributed by atoms with E-state index < -0.39 is 0 Å². The van der Waals surface area contributed by atoms with Crippen molar-refractivity contribution in [3.8, 4) is 0 Å². The third kappa shape index (κ3) is 3.42. The van der Waals surface area contributed by atoms with Crippen LogP contribution < -0.4 is 11.1 Å². The van der Waals surface area contributed by atoms with Gasteiger partial charge in [-0.25, -0.2) is 0 Å². The zero-order chi connectivity index (χ0) is 7.98. The van der Waals surface area contributed by atoms with Crippen LogP contribution in [0, 0.1) is 0 Å². The molecule has 10 heavy (non-hydrogen) atoms. The van der Waals surface area contributed by atoms with E-state index in [0.717, 1.165) is 0 Å². The van der Waals surface area contributed by atoms with Crippen LogP contribution in [0.4, 0.5) is 0 Å². The Morgan fingerprint density at radius 1 is 1.80 bits per heavy atom. The van der Waals surface area contributed by atoms with Gasteiger partial charge in [-0.05, 0) is 0 Å². The van der Waals surface area contributed by atoms with Crippen molar-refractivity contribution in [2.24, 2.45) is 5.73 Å². The first-order valence-electron chi connectivity index (χ1n) is 3.18. The molecule has 1 unspecified atom stereocenters. The fraction of sp³-hybridized carbons (Fsp3) is 0.833. The van der Waals surface area contributed by atoms with E-state index >= 15 is 0 Å². The lowest BCUT2D eigenvalue weighted by Gasteiger charge is -2.10. The molecule has 4 nitrogen and oxygen atoms in total. The number of nitrogens with two attached hydrogens (primary N) is 1. The zero-order valence-corrected chi connectivity index (χ0v) is 6.39. The minimum atomic E-state index is -0.153. The topological polar surface area (TPSA) is 64.4 Å². The minimum absolute atomic E-state index is 0.0442. The second-order valence-electron chi connectivity index (χ2n) is 1.97. The highest BCUT2D eigenvalue weighted by Gasteiger charge is 2.08. The molecule has 0 aliphatic heterocycles. The molecule has 3 N–H and O–H groups in total. The zero-order valence-electron chi connectivity index (χ0n) is 6.39. The molecule has 0 aliphatic carbocycles. The maximum absolute atomic E-state index is 10.7. The van der Waals surface area contributed by atoms with Gasteiger partial charge in [-0.15, -0.1) is 0 Å². The average molecular weight is 146 g/mol. The number of hydrogen-bond acceptors (Lipinski definition) is 3. The third-order valence-corrected chi connectivity index (χ3v) is 1.29. The van der Waals surface area contributed by atoms with Crippen LogP contribution >= 0.6 is 0 Å². The number of hydrogen-bond donors (Lipinski definition) is 2. The van der Waals surface area contributed by atoms with Crippen LogP contribution in [0.2, 0.25) is 0 Å². The van der Waals surface area contributed by atoms with Crippen molar-refractivity contribution in [3.05, 3.63) is 0 Å². The molecule has 0 fully saturated rings. The third-order valence-electron chi connectivity index (χ3n) is 1.29. The van der Waals surface area contributed by atoms with E-state index in [2.05, 4.69) is 5.32 Å². The monoisotopic (exact) mass is 146 g/mol. The van der Waals surface area contributed by atoms with Crippen LogP contribution in [-0.4, -0.2) is 32.7 Å². The van der Waals surface area contributed by atoms with Crippen molar-refractivity contribution in [1.82, 2.24) is 5.32 Å². The maximum atomic E-state index is 10.7. The Balaban J connectivity index is 3.52. The molecule has 0 radical (unpaired) electrons. The lowest BCUT2D eigenvalue weighted by molar-refractivity contribution is -0.122. The van der Waals surface area contributed by atoms with Gasteiger partial charge < -0.3 is 15.8 Å². The van der Waals surface area contributed by atoms with Crippen molar-refractivity contribution in [2.75, 3.05) is 20.7 Å². The molecule has 0 aromatic heterocycles. The number of rotatable bonds is 4. The van der Waals surface area contributed by atoms with Gasteiger partial charge in [-0.2, -0.15) is 0 Å². The lowest BCUT2D eigenvalue weighted by atomic mass is 10.2.